The fraction of sp³-hybridized carbons (Fsp3) is 0.125. The number of carbonyl (C=O) groups excluding carboxylic acids is 2. The molecular weight excluding hydrogens is 286 g/mol. The van der Waals surface area contributed by atoms with Gasteiger partial charge in [-0.05, 0) is 24.3 Å². The van der Waals surface area contributed by atoms with Crippen LogP contribution in [0.25, 0.3) is 0 Å². The number of esters is 1. The van der Waals surface area contributed by atoms with Crippen molar-refractivity contribution in [2.45, 2.75) is 4.90 Å². The molecule has 1 heterocycles. The number of para-hydroxylation sites is 2. The molecule has 2 aromatic carbocycles. The minimum Gasteiger partial charge on any atom is -0.425 e. The summed E-state index contributed by atoms with van der Waals surface area (Å²) >= 11 is 1.49. The molecule has 21 heavy (non-hydrogen) atoms. The summed E-state index contributed by atoms with van der Waals surface area (Å²) in [6.07, 6.45) is 0. The minimum atomic E-state index is -0.448. The van der Waals surface area contributed by atoms with E-state index in [9.17, 15) is 9.59 Å². The Bertz CT molecular complexity index is 672. The number of fused-ring (bicyclic) bond motifs is 1. The first-order chi connectivity index (χ1) is 10.2. The van der Waals surface area contributed by atoms with Gasteiger partial charge in [0.2, 0.25) is 5.91 Å². The summed E-state index contributed by atoms with van der Waals surface area (Å²) in [5, 5.41) is 0. The minimum absolute atomic E-state index is 0.0781. The molecule has 2 aromatic rings. The molecule has 0 N–H and O–H groups in total. The number of nitrogens with zero attached hydrogens (tertiary/aromatic N) is 1. The van der Waals surface area contributed by atoms with Gasteiger partial charge in [0.15, 0.2) is 0 Å². The van der Waals surface area contributed by atoms with Crippen LogP contribution in [0.2, 0.25) is 0 Å². The molecular formula is C16H13NO3S. The number of ether oxygens (including phenoxy) is 1. The fourth-order valence-electron chi connectivity index (χ4n) is 2.11. The van der Waals surface area contributed by atoms with Crippen molar-refractivity contribution in [3.63, 3.8) is 0 Å². The first-order valence-corrected chi connectivity index (χ1v) is 7.50. The maximum absolute atomic E-state index is 12.0. The number of hydrogen-bond acceptors (Lipinski definition) is 4. The van der Waals surface area contributed by atoms with Gasteiger partial charge in [-0.1, -0.05) is 30.3 Å². The van der Waals surface area contributed by atoms with Gasteiger partial charge < -0.3 is 4.74 Å². The second-order valence-electron chi connectivity index (χ2n) is 4.52. The van der Waals surface area contributed by atoms with E-state index in [1.54, 1.807) is 24.3 Å². The van der Waals surface area contributed by atoms with E-state index < -0.39 is 5.97 Å². The maximum Gasteiger partial charge on any atom is 0.331 e. The van der Waals surface area contributed by atoms with Crippen molar-refractivity contribution in [1.29, 1.82) is 0 Å². The van der Waals surface area contributed by atoms with E-state index in [0.29, 0.717) is 11.5 Å². The van der Waals surface area contributed by atoms with Crippen molar-refractivity contribution in [1.82, 2.24) is 0 Å². The second kappa shape index (κ2) is 6.01. The summed E-state index contributed by atoms with van der Waals surface area (Å²) in [7, 11) is 0. The Balaban J connectivity index is 1.75. The topological polar surface area (TPSA) is 46.6 Å². The summed E-state index contributed by atoms with van der Waals surface area (Å²) in [4.78, 5) is 26.5. The maximum atomic E-state index is 12.0. The Hall–Kier alpha value is -2.27. The molecule has 3 rings (SSSR count). The Labute approximate surface area is 126 Å². The number of anilines is 1. The van der Waals surface area contributed by atoms with Crippen LogP contribution < -0.4 is 9.64 Å². The van der Waals surface area contributed by atoms with Crippen LogP contribution in [0.4, 0.5) is 5.69 Å². The van der Waals surface area contributed by atoms with Crippen molar-refractivity contribution in [2.75, 3.05) is 17.2 Å². The molecule has 0 saturated heterocycles. The third kappa shape index (κ3) is 3.08. The number of rotatable bonds is 3. The van der Waals surface area contributed by atoms with Crippen molar-refractivity contribution in [3.05, 3.63) is 54.6 Å². The zero-order valence-corrected chi connectivity index (χ0v) is 12.0. The van der Waals surface area contributed by atoms with Crippen LogP contribution in [-0.2, 0) is 9.59 Å². The van der Waals surface area contributed by atoms with Gasteiger partial charge in [0.1, 0.15) is 12.3 Å². The van der Waals surface area contributed by atoms with Gasteiger partial charge in [0, 0.05) is 4.90 Å². The van der Waals surface area contributed by atoms with Crippen LogP contribution in [0.3, 0.4) is 0 Å². The summed E-state index contributed by atoms with van der Waals surface area (Å²) in [6, 6.07) is 16.4. The number of amides is 1. The highest BCUT2D eigenvalue weighted by Gasteiger charge is 2.26. The monoisotopic (exact) mass is 299 g/mol. The van der Waals surface area contributed by atoms with Crippen LogP contribution >= 0.6 is 11.8 Å². The van der Waals surface area contributed by atoms with Gasteiger partial charge in [-0.2, -0.15) is 0 Å². The van der Waals surface area contributed by atoms with Gasteiger partial charge in [0.25, 0.3) is 0 Å². The summed E-state index contributed by atoms with van der Waals surface area (Å²) in [5.74, 6) is 0.296. The number of carbonyl (C=O) groups is 2. The van der Waals surface area contributed by atoms with Crippen LogP contribution in [0.5, 0.6) is 5.75 Å². The lowest BCUT2D eigenvalue weighted by Crippen LogP contribution is -2.40. The highest BCUT2D eigenvalue weighted by atomic mass is 32.2. The molecule has 1 aliphatic heterocycles. The molecule has 0 aliphatic carbocycles. The zero-order valence-electron chi connectivity index (χ0n) is 11.2. The Morgan fingerprint density at radius 2 is 1.81 bits per heavy atom. The average molecular weight is 299 g/mol. The molecule has 0 radical (unpaired) electrons. The molecule has 0 aromatic heterocycles. The quantitative estimate of drug-likeness (QED) is 0.646. The lowest BCUT2D eigenvalue weighted by atomic mass is 10.2. The lowest BCUT2D eigenvalue weighted by molar-refractivity contribution is -0.134. The molecule has 0 fully saturated rings. The van der Waals surface area contributed by atoms with Crippen LogP contribution in [0, 0.1) is 0 Å². The number of benzene rings is 2. The third-order valence-electron chi connectivity index (χ3n) is 3.07. The van der Waals surface area contributed by atoms with E-state index in [2.05, 4.69) is 0 Å². The Kier molecular flexibility index (Phi) is 3.92. The van der Waals surface area contributed by atoms with E-state index >= 15 is 0 Å². The SMILES string of the molecule is O=C(CN1C(=O)CSc2ccccc21)Oc1ccccc1. The van der Waals surface area contributed by atoms with E-state index in [-0.39, 0.29) is 12.5 Å². The highest BCUT2D eigenvalue weighted by molar-refractivity contribution is 8.00. The standard InChI is InChI=1S/C16H13NO3S/c18-15-11-21-14-9-5-4-8-13(14)17(15)10-16(19)20-12-6-2-1-3-7-12/h1-9H,10-11H2. The van der Waals surface area contributed by atoms with Gasteiger partial charge in [0.05, 0.1) is 11.4 Å². The molecule has 0 bridgehead atoms. The van der Waals surface area contributed by atoms with Crippen molar-refractivity contribution in [2.24, 2.45) is 0 Å². The van der Waals surface area contributed by atoms with Crippen molar-refractivity contribution >= 4 is 29.3 Å². The number of thioether (sulfide) groups is 1. The van der Waals surface area contributed by atoms with Crippen molar-refractivity contribution in [3.8, 4) is 5.75 Å². The molecule has 0 spiro atoms. The smallest absolute Gasteiger partial charge is 0.331 e. The van der Waals surface area contributed by atoms with E-state index in [1.165, 1.54) is 16.7 Å². The van der Waals surface area contributed by atoms with Crippen LogP contribution in [-0.4, -0.2) is 24.2 Å². The van der Waals surface area contributed by atoms with Crippen molar-refractivity contribution < 1.29 is 14.3 Å². The summed E-state index contributed by atoms with van der Waals surface area (Å²) in [6.45, 7) is -0.0781. The zero-order chi connectivity index (χ0) is 14.7. The fourth-order valence-corrected chi connectivity index (χ4v) is 3.04. The molecule has 5 heteroatoms. The van der Waals surface area contributed by atoms with E-state index in [0.717, 1.165) is 10.6 Å². The first-order valence-electron chi connectivity index (χ1n) is 6.52. The second-order valence-corrected chi connectivity index (χ2v) is 5.54. The van der Waals surface area contributed by atoms with Gasteiger partial charge in [-0.3, -0.25) is 9.69 Å². The van der Waals surface area contributed by atoms with Crippen LogP contribution in [0.15, 0.2) is 59.5 Å². The molecule has 0 saturated carbocycles. The molecule has 1 amide bonds. The van der Waals surface area contributed by atoms with Gasteiger partial charge in [-0.15, -0.1) is 11.8 Å². The Morgan fingerprint density at radius 3 is 2.62 bits per heavy atom. The van der Waals surface area contributed by atoms with E-state index in [4.69, 9.17) is 4.74 Å². The van der Waals surface area contributed by atoms with Gasteiger partial charge >= 0.3 is 5.97 Å². The predicted molar refractivity (Wildman–Crippen MR) is 81.6 cm³/mol. The molecule has 0 unspecified atom stereocenters. The van der Waals surface area contributed by atoms with E-state index in [1.807, 2.05) is 30.3 Å². The summed E-state index contributed by atoms with van der Waals surface area (Å²) < 4.78 is 5.24. The number of hydrogen-bond donors (Lipinski definition) is 0. The first kappa shape index (κ1) is 13.7. The Morgan fingerprint density at radius 1 is 1.10 bits per heavy atom. The molecule has 4 nitrogen and oxygen atoms in total. The van der Waals surface area contributed by atoms with Gasteiger partial charge in [-0.25, -0.2) is 4.79 Å². The largest absolute Gasteiger partial charge is 0.425 e. The lowest BCUT2D eigenvalue weighted by Gasteiger charge is -2.27. The molecule has 0 atom stereocenters. The normalized spacial score (nSPS) is 13.7. The summed E-state index contributed by atoms with van der Waals surface area (Å²) in [5.41, 5.74) is 0.767. The molecule has 106 valence electrons. The predicted octanol–water partition coefficient (Wildman–Crippen LogP) is 2.73. The third-order valence-corrected chi connectivity index (χ3v) is 4.12. The van der Waals surface area contributed by atoms with Crippen LogP contribution in [0.1, 0.15) is 0 Å². The molecule has 1 aliphatic rings. The highest BCUT2D eigenvalue weighted by Crippen LogP contribution is 2.34. The average Bonchev–Trinajstić information content (AvgIpc) is 2.51.